The molecule has 508 valence electrons. The van der Waals surface area contributed by atoms with Crippen molar-refractivity contribution in [1.29, 1.82) is 0 Å². The van der Waals surface area contributed by atoms with Gasteiger partial charge in [-0.2, -0.15) is 0 Å². The van der Waals surface area contributed by atoms with Gasteiger partial charge in [-0.3, -0.25) is 86.3 Å². The largest absolute Gasteiger partial charge is 0.462 e. The van der Waals surface area contributed by atoms with E-state index >= 15 is 0 Å². The molecule has 0 fully saturated rings. The second kappa shape index (κ2) is 40.4. The number of nitrogens with two attached hydrogens (primary N) is 1. The molecule has 5 N–H and O–H groups in total. The Morgan fingerprint density at radius 3 is 0.733 bits per heavy atom. The van der Waals surface area contributed by atoms with Crippen molar-refractivity contribution in [3.63, 3.8) is 0 Å². The van der Waals surface area contributed by atoms with Crippen LogP contribution in [0, 0.1) is 5.41 Å². The van der Waals surface area contributed by atoms with Gasteiger partial charge in [0.1, 0.15) is 26.4 Å². The van der Waals surface area contributed by atoms with Crippen molar-refractivity contribution in [1.82, 2.24) is 16.1 Å². The number of carbonyl (C=O) groups excluding carboxylic acids is 17. The first-order valence-corrected chi connectivity index (χ1v) is 26.8. The molecule has 90 heavy (non-hydrogen) atoms. The van der Waals surface area contributed by atoms with Crippen molar-refractivity contribution in [2.24, 2.45) is 11.1 Å². The Labute approximate surface area is 514 Å². The van der Waals surface area contributed by atoms with E-state index in [1.54, 1.807) is 0 Å². The fourth-order valence-corrected chi connectivity index (χ4v) is 7.80. The molecular weight excluding hydrogens is 1220 g/mol. The third-order valence-electron chi connectivity index (χ3n) is 11.1. The molecule has 0 aromatic carbocycles. The van der Waals surface area contributed by atoms with Gasteiger partial charge < -0.3 is 87.4 Å². The summed E-state index contributed by atoms with van der Waals surface area (Å²) in [5.41, 5.74) is 6.85. The van der Waals surface area contributed by atoms with E-state index in [2.05, 4.69) is 16.1 Å². The maximum atomic E-state index is 14.7. The Morgan fingerprint density at radius 2 is 0.511 bits per heavy atom. The highest BCUT2D eigenvalue weighted by Crippen LogP contribution is 2.25. The van der Waals surface area contributed by atoms with E-state index in [0.717, 1.165) is 104 Å². The molecule has 0 aromatic heterocycles. The van der Waals surface area contributed by atoms with Crippen molar-refractivity contribution in [3.8, 4) is 0 Å². The molecule has 0 aliphatic rings. The van der Waals surface area contributed by atoms with Crippen molar-refractivity contribution in [3.05, 3.63) is 0 Å². The molecule has 0 bridgehead atoms. The van der Waals surface area contributed by atoms with Gasteiger partial charge in [-0.25, -0.2) is 5.48 Å². The minimum Gasteiger partial charge on any atom is -0.462 e. The predicted octanol–water partition coefficient (Wildman–Crippen LogP) is -3.45. The minimum absolute atomic E-state index is 0.751. The van der Waals surface area contributed by atoms with E-state index in [4.69, 9.17) is 81.6 Å². The summed E-state index contributed by atoms with van der Waals surface area (Å²) in [5, 5.41) is 4.75. The minimum atomic E-state index is -2.43. The Bertz CT molecular complexity index is 2460. The summed E-state index contributed by atoms with van der Waals surface area (Å²) in [4.78, 5) is 222. The maximum Gasteiger partial charge on any atom is 0.303 e. The second-order valence-electron chi connectivity index (χ2n) is 19.3. The molecule has 0 spiro atoms. The summed E-state index contributed by atoms with van der Waals surface area (Å²) in [7, 11) is 0. The van der Waals surface area contributed by atoms with Gasteiger partial charge in [-0.15, -0.1) is 0 Å². The van der Waals surface area contributed by atoms with Gasteiger partial charge in [-0.05, 0) is 0 Å². The lowest BCUT2D eigenvalue weighted by Crippen LogP contribution is -2.61. The monoisotopic (exact) mass is 1300 g/mol. The number of hydroxylamine groups is 1. The first kappa shape index (κ1) is 80.9. The zero-order chi connectivity index (χ0) is 69.3. The van der Waals surface area contributed by atoms with Gasteiger partial charge in [0.05, 0.1) is 0 Å². The highest BCUT2D eigenvalue weighted by molar-refractivity contribution is 5.86. The van der Waals surface area contributed by atoms with E-state index in [0.29, 0.717) is 0 Å². The second-order valence-corrected chi connectivity index (χ2v) is 19.3. The lowest BCUT2D eigenvalue weighted by Gasteiger charge is -2.37. The van der Waals surface area contributed by atoms with Crippen LogP contribution in [0.2, 0.25) is 0 Å². The van der Waals surface area contributed by atoms with Gasteiger partial charge in [-0.1, -0.05) is 0 Å². The number of hydrogen-bond donors (Lipinski definition) is 4. The van der Waals surface area contributed by atoms with E-state index < -0.39 is 233 Å². The Morgan fingerprint density at radius 1 is 0.289 bits per heavy atom. The van der Waals surface area contributed by atoms with Gasteiger partial charge >= 0.3 is 89.5 Å². The average Bonchev–Trinajstić information content (AvgIpc) is 1.28. The average molecular weight is 1300 g/mol. The summed E-state index contributed by atoms with van der Waals surface area (Å²) >= 11 is 0. The fourth-order valence-electron chi connectivity index (χ4n) is 7.80. The Kier molecular flexibility index (Phi) is 36.3. The van der Waals surface area contributed by atoms with Crippen LogP contribution in [0.3, 0.4) is 0 Å². The molecule has 2 amide bonds. The predicted molar refractivity (Wildman–Crippen MR) is 288 cm³/mol. The van der Waals surface area contributed by atoms with Crippen molar-refractivity contribution >= 4 is 101 Å². The Balaban J connectivity index is 8.46. The molecular formula is C53H78N4O33. The number of hydrogen-bond acceptors (Lipinski definition) is 35. The number of ether oxygens (including phenoxy) is 15. The van der Waals surface area contributed by atoms with E-state index in [1.807, 2.05) is 0 Å². The van der Waals surface area contributed by atoms with Crippen LogP contribution in [0.25, 0.3) is 0 Å². The summed E-state index contributed by atoms with van der Waals surface area (Å²) in [6.45, 7) is 6.08. The van der Waals surface area contributed by atoms with E-state index in [1.165, 1.54) is 0 Å². The number of carbonyl (C=O) groups is 17. The van der Waals surface area contributed by atoms with Crippen LogP contribution >= 0.6 is 0 Å². The summed E-state index contributed by atoms with van der Waals surface area (Å²) < 4.78 is 79.1. The van der Waals surface area contributed by atoms with Crippen LogP contribution in [0.4, 0.5) is 0 Å². The molecule has 12 unspecified atom stereocenters. The van der Waals surface area contributed by atoms with Gasteiger partial charge in [0.25, 0.3) is 11.8 Å². The van der Waals surface area contributed by atoms with Crippen molar-refractivity contribution in [2.75, 3.05) is 52.6 Å². The molecule has 0 saturated carbocycles. The van der Waals surface area contributed by atoms with E-state index in [9.17, 15) is 81.5 Å². The standard InChI is InChI=1S/C53H78N4O33/c1-24(58)75-16-39(79-27(4)61)43(83-31(8)65)44(84-32(9)66)42(82-30(7)64)19-78-57-23-53(20-54,21-55-51(73)49(89-37(14)71)47(87-35(12)69)45(85-33(10)67)40(80-28(5)62)17-76-25(2)59)22-56-52(74)50(90-38(15)72)48(88-36(13)70)46(86-34(11)68)41(81-29(6)63)18-77-26(3)60/h39-50,57H,16-23,54H2,1-15H3,(H,55,73)(H,56,74). The molecule has 0 aliphatic carbocycles. The third-order valence-corrected chi connectivity index (χ3v) is 11.1. The third kappa shape index (κ3) is 32.7. The maximum absolute atomic E-state index is 14.7. The van der Waals surface area contributed by atoms with Crippen LogP contribution in [0.5, 0.6) is 0 Å². The van der Waals surface area contributed by atoms with Gasteiger partial charge in [0.15, 0.2) is 61.0 Å². The lowest BCUT2D eigenvalue weighted by molar-refractivity contribution is -0.208. The summed E-state index contributed by atoms with van der Waals surface area (Å²) in [6.07, 6.45) is -25.1. The first-order chi connectivity index (χ1) is 41.7. The summed E-state index contributed by atoms with van der Waals surface area (Å²) in [5.74, 6) is -19.7. The topological polar surface area (TPSA) is 500 Å². The number of esters is 15. The SMILES string of the molecule is CC(=O)OCC(OC(C)=O)C(OC(C)=O)C(OC(C)=O)C(CONCC(CN)(CNC(=O)C(OC(C)=O)C(OC(C)=O)C(OC(C)=O)C(COC(C)=O)OC(C)=O)CNC(=O)C(OC(C)=O)C(OC(C)=O)C(OC(C)=O)C(COC(C)=O)OC(C)=O)OC(C)=O. The van der Waals surface area contributed by atoms with Crippen molar-refractivity contribution < 1.29 is 157 Å². The lowest BCUT2D eigenvalue weighted by atomic mass is 9.87. The first-order valence-electron chi connectivity index (χ1n) is 26.8. The number of amides is 2. The highest BCUT2D eigenvalue weighted by Gasteiger charge is 2.50. The highest BCUT2D eigenvalue weighted by atomic mass is 16.7. The fraction of sp³-hybridized carbons (Fsp3) is 0.679. The molecule has 0 saturated heterocycles. The van der Waals surface area contributed by atoms with Crippen LogP contribution in [-0.2, 0) is 157 Å². The molecule has 12 atom stereocenters. The molecule has 0 aliphatic heterocycles. The van der Waals surface area contributed by atoms with E-state index in [-0.39, 0.29) is 0 Å². The molecule has 0 heterocycles. The number of nitrogens with one attached hydrogen (secondary N) is 3. The molecule has 0 rings (SSSR count). The smallest absolute Gasteiger partial charge is 0.303 e. The van der Waals surface area contributed by atoms with Crippen LogP contribution in [0.15, 0.2) is 0 Å². The molecule has 37 heteroatoms. The molecule has 37 nitrogen and oxygen atoms in total. The van der Waals surface area contributed by atoms with Gasteiger partial charge in [0.2, 0.25) is 12.2 Å². The van der Waals surface area contributed by atoms with Crippen LogP contribution < -0.4 is 21.8 Å². The summed E-state index contributed by atoms with van der Waals surface area (Å²) in [6, 6.07) is 0. The van der Waals surface area contributed by atoms with Crippen LogP contribution in [0.1, 0.15) is 104 Å². The molecule has 0 aromatic rings. The number of rotatable bonds is 39. The van der Waals surface area contributed by atoms with Crippen molar-refractivity contribution in [2.45, 2.75) is 177 Å². The normalized spacial score (nSPS) is 15.4. The quantitative estimate of drug-likeness (QED) is 0.0201. The Hall–Kier alpha value is -9.13. The van der Waals surface area contributed by atoms with Gasteiger partial charge in [0, 0.05) is 135 Å². The zero-order valence-corrected chi connectivity index (χ0v) is 52.1. The molecule has 0 radical (unpaired) electrons. The zero-order valence-electron chi connectivity index (χ0n) is 52.1. The van der Waals surface area contributed by atoms with Crippen LogP contribution in [-0.4, -0.2) is 227 Å².